The Kier molecular flexibility index (Phi) is 3.25. The second-order valence-electron chi connectivity index (χ2n) is 9.43. The van der Waals surface area contributed by atoms with Crippen LogP contribution >= 0.6 is 0 Å². The van der Waals surface area contributed by atoms with Crippen LogP contribution in [0.15, 0.2) is 0 Å². The quantitative estimate of drug-likeness (QED) is 0.708. The maximum atomic E-state index is 10.5. The second-order valence-corrected chi connectivity index (χ2v) is 9.43. The van der Waals surface area contributed by atoms with Crippen LogP contribution < -0.4 is 5.73 Å². The molecule has 0 amide bonds. The average molecular weight is 292 g/mol. The van der Waals surface area contributed by atoms with E-state index < -0.39 is 0 Å². The summed E-state index contributed by atoms with van der Waals surface area (Å²) in [6.45, 7) is 5.02. The Morgan fingerprint density at radius 1 is 0.857 bits per heavy atom. The molecule has 4 N–H and O–H groups in total. The van der Waals surface area contributed by atoms with Crippen molar-refractivity contribution in [2.75, 3.05) is 0 Å². The van der Waals surface area contributed by atoms with E-state index in [0.29, 0.717) is 11.5 Å². The molecule has 120 valence electrons. The minimum atomic E-state index is -0.0236. The number of hydrogen-bond acceptors (Lipinski definition) is 1. The Morgan fingerprint density at radius 2 is 1.57 bits per heavy atom. The van der Waals surface area contributed by atoms with E-state index in [1.807, 2.05) is 0 Å². The number of hydrogen-bond donors (Lipinski definition) is 2. The Morgan fingerprint density at radius 3 is 2.38 bits per heavy atom. The minimum absolute atomic E-state index is 0.0236. The van der Waals surface area contributed by atoms with E-state index >= 15 is 0 Å². The largest absolute Gasteiger partial charge is 0.393 e. The molecule has 0 saturated heterocycles. The van der Waals surface area contributed by atoms with Crippen LogP contribution in [0.4, 0.5) is 0 Å². The lowest BCUT2D eigenvalue weighted by atomic mass is 9.45. The number of aliphatic hydroxyl groups excluding tert-OH is 1. The molecule has 0 spiro atoms. The number of quaternary nitrogens is 1. The summed E-state index contributed by atoms with van der Waals surface area (Å²) in [4.78, 5) is 0. The molecule has 4 aliphatic carbocycles. The van der Waals surface area contributed by atoms with Crippen LogP contribution in [0.1, 0.15) is 71.6 Å². The van der Waals surface area contributed by atoms with Crippen LogP contribution in [0.5, 0.6) is 0 Å². The fraction of sp³-hybridized carbons (Fsp3) is 1.00. The molecule has 0 radical (unpaired) electrons. The minimum Gasteiger partial charge on any atom is -0.393 e. The van der Waals surface area contributed by atoms with Crippen molar-refractivity contribution in [2.45, 2.75) is 83.8 Å². The van der Waals surface area contributed by atoms with Crippen LogP contribution in [-0.4, -0.2) is 17.3 Å². The molecule has 4 rings (SSSR count). The molecule has 4 saturated carbocycles. The topological polar surface area (TPSA) is 47.9 Å². The van der Waals surface area contributed by atoms with Crippen molar-refractivity contribution in [3.8, 4) is 0 Å². The van der Waals surface area contributed by atoms with Gasteiger partial charge < -0.3 is 10.8 Å². The highest BCUT2D eigenvalue weighted by atomic mass is 16.3. The van der Waals surface area contributed by atoms with Gasteiger partial charge in [-0.1, -0.05) is 13.8 Å². The molecule has 0 aromatic carbocycles. The highest BCUT2D eigenvalue weighted by molar-refractivity contribution is 5.09. The van der Waals surface area contributed by atoms with Gasteiger partial charge in [0, 0.05) is 6.42 Å². The van der Waals surface area contributed by atoms with Gasteiger partial charge in [-0.15, -0.1) is 0 Å². The molecule has 0 aliphatic heterocycles. The van der Waals surface area contributed by atoms with Crippen LogP contribution in [-0.2, 0) is 0 Å². The predicted octanol–water partition coefficient (Wildman–Crippen LogP) is 3.00. The summed E-state index contributed by atoms with van der Waals surface area (Å²) in [5.74, 6) is 3.59. The van der Waals surface area contributed by atoms with Gasteiger partial charge in [-0.05, 0) is 85.9 Å². The van der Waals surface area contributed by atoms with E-state index in [1.165, 1.54) is 51.4 Å². The van der Waals surface area contributed by atoms with Crippen molar-refractivity contribution in [1.29, 1.82) is 0 Å². The SMILES string of the molecule is C[C@]12CC[C@@H]([NH3+])C[C@@H]1CC[C@@H]1[C@H]3CC[C@@H](O)[C@@]3(C)CC[C@@H]12. The van der Waals surface area contributed by atoms with Crippen molar-refractivity contribution < 1.29 is 10.8 Å². The van der Waals surface area contributed by atoms with Crippen molar-refractivity contribution >= 4 is 0 Å². The normalized spacial score (nSPS) is 60.0. The first kappa shape index (κ1) is 14.5. The third kappa shape index (κ3) is 1.91. The first-order valence-electron chi connectivity index (χ1n) is 9.46. The van der Waals surface area contributed by atoms with Gasteiger partial charge in [-0.2, -0.15) is 0 Å². The Balaban J connectivity index is 1.62. The molecule has 2 heteroatoms. The van der Waals surface area contributed by atoms with Crippen LogP contribution in [0, 0.1) is 34.5 Å². The van der Waals surface area contributed by atoms with Crippen LogP contribution in [0.25, 0.3) is 0 Å². The number of aliphatic hydroxyl groups is 1. The Labute approximate surface area is 129 Å². The molecule has 0 unspecified atom stereocenters. The average Bonchev–Trinajstić information content (AvgIpc) is 2.76. The Bertz CT molecular complexity index is 424. The molecule has 4 fully saturated rings. The van der Waals surface area contributed by atoms with E-state index in [0.717, 1.165) is 30.1 Å². The Hall–Kier alpha value is -0.0800. The van der Waals surface area contributed by atoms with E-state index in [-0.39, 0.29) is 11.5 Å². The molecule has 0 heterocycles. The lowest BCUT2D eigenvalue weighted by Gasteiger charge is -2.60. The highest BCUT2D eigenvalue weighted by Gasteiger charge is 2.60. The molecular formula is C19H34NO+. The summed E-state index contributed by atoms with van der Waals surface area (Å²) in [6, 6.07) is 0.710. The summed E-state index contributed by atoms with van der Waals surface area (Å²) in [6.07, 6.45) is 12.0. The molecule has 0 aromatic heterocycles. The van der Waals surface area contributed by atoms with Crippen molar-refractivity contribution in [3.05, 3.63) is 0 Å². The van der Waals surface area contributed by atoms with E-state index in [1.54, 1.807) is 0 Å². The van der Waals surface area contributed by atoms with Crippen LogP contribution in [0.3, 0.4) is 0 Å². The van der Waals surface area contributed by atoms with Gasteiger partial charge in [0.25, 0.3) is 0 Å². The lowest BCUT2D eigenvalue weighted by Crippen LogP contribution is -2.65. The summed E-state index contributed by atoms with van der Waals surface area (Å²) in [5.41, 5.74) is 5.20. The number of rotatable bonds is 0. The summed E-state index contributed by atoms with van der Waals surface area (Å²) < 4.78 is 0. The fourth-order valence-corrected chi connectivity index (χ4v) is 7.32. The zero-order chi connectivity index (χ0) is 14.8. The third-order valence-electron chi connectivity index (χ3n) is 8.72. The van der Waals surface area contributed by atoms with Gasteiger partial charge >= 0.3 is 0 Å². The molecule has 0 aromatic rings. The van der Waals surface area contributed by atoms with Crippen molar-refractivity contribution in [1.82, 2.24) is 0 Å². The monoisotopic (exact) mass is 292 g/mol. The van der Waals surface area contributed by atoms with Gasteiger partial charge in [0.2, 0.25) is 0 Å². The first-order valence-corrected chi connectivity index (χ1v) is 9.46. The number of fused-ring (bicyclic) bond motifs is 5. The smallest absolute Gasteiger partial charge is 0.0846 e. The van der Waals surface area contributed by atoms with E-state index in [4.69, 9.17) is 0 Å². The maximum absolute atomic E-state index is 10.5. The molecule has 0 bridgehead atoms. The second kappa shape index (κ2) is 4.71. The zero-order valence-electron chi connectivity index (χ0n) is 14.0. The maximum Gasteiger partial charge on any atom is 0.0846 e. The van der Waals surface area contributed by atoms with Gasteiger partial charge in [0.05, 0.1) is 12.1 Å². The molecule has 8 atom stereocenters. The fourth-order valence-electron chi connectivity index (χ4n) is 7.32. The van der Waals surface area contributed by atoms with E-state index in [9.17, 15) is 5.11 Å². The van der Waals surface area contributed by atoms with Gasteiger partial charge in [0.15, 0.2) is 0 Å². The molecule has 21 heavy (non-hydrogen) atoms. The zero-order valence-corrected chi connectivity index (χ0v) is 14.0. The predicted molar refractivity (Wildman–Crippen MR) is 84.4 cm³/mol. The standard InChI is InChI=1S/C19H33NO/c1-18-9-7-13(20)11-12(18)3-4-14-15-5-6-17(21)19(15,2)10-8-16(14)18/h12-17,21H,3-11,20H2,1-2H3/p+1/t12-,13+,14+,15+,16-,17+,18-,19-/m0/s1. The molecule has 4 aliphatic rings. The lowest BCUT2D eigenvalue weighted by molar-refractivity contribution is -0.433. The molecular weight excluding hydrogens is 258 g/mol. The van der Waals surface area contributed by atoms with Crippen molar-refractivity contribution in [3.63, 3.8) is 0 Å². The highest BCUT2D eigenvalue weighted by Crippen LogP contribution is 2.65. The first-order chi connectivity index (χ1) is 9.95. The van der Waals surface area contributed by atoms with Gasteiger partial charge in [-0.3, -0.25) is 0 Å². The third-order valence-corrected chi connectivity index (χ3v) is 8.72. The van der Waals surface area contributed by atoms with Crippen LogP contribution in [0.2, 0.25) is 0 Å². The summed E-state index contributed by atoms with van der Waals surface area (Å²) in [7, 11) is 0. The summed E-state index contributed by atoms with van der Waals surface area (Å²) >= 11 is 0. The molecule has 2 nitrogen and oxygen atoms in total. The van der Waals surface area contributed by atoms with E-state index in [2.05, 4.69) is 19.6 Å². The summed E-state index contributed by atoms with van der Waals surface area (Å²) in [5, 5.41) is 10.5. The van der Waals surface area contributed by atoms with Gasteiger partial charge in [0.1, 0.15) is 0 Å². The van der Waals surface area contributed by atoms with Crippen molar-refractivity contribution in [2.24, 2.45) is 34.5 Å². The van der Waals surface area contributed by atoms with Gasteiger partial charge in [-0.25, -0.2) is 0 Å².